The molecule has 0 amide bonds. The third-order valence-electron chi connectivity index (χ3n) is 1.07. The van der Waals surface area contributed by atoms with Gasteiger partial charge in [0.05, 0.1) is 0 Å². The largest absolute Gasteiger partial charge is 0.440 e. The normalized spacial score (nSPS) is 11.2. The lowest BCUT2D eigenvalue weighted by atomic mass is 11.8. The van der Waals surface area contributed by atoms with E-state index in [-0.39, 0.29) is 22.3 Å². The predicted molar refractivity (Wildman–Crippen MR) is 82.1 cm³/mol. The molecule has 98 valence electrons. The van der Waals surface area contributed by atoms with Crippen molar-refractivity contribution in [1.82, 2.24) is 0 Å². The molecule has 0 saturated heterocycles. The van der Waals surface area contributed by atoms with Crippen molar-refractivity contribution in [1.29, 1.82) is 0 Å². The fraction of sp³-hybridized carbons (Fsp3) is 1.00. The van der Waals surface area contributed by atoms with Gasteiger partial charge in [-0.15, -0.1) is 0 Å². The molecule has 0 aromatic rings. The minimum Gasteiger partial charge on any atom is -0.440 e. The fourth-order valence-electron chi connectivity index (χ4n) is 1.33. The fourth-order valence-corrected chi connectivity index (χ4v) is 12.4. The van der Waals surface area contributed by atoms with Crippen LogP contribution in [0.4, 0.5) is 0 Å². The first-order valence-corrected chi connectivity index (χ1v) is 13.5. The Balaban J connectivity index is -0.000000202. The van der Waals surface area contributed by atoms with Crippen LogP contribution in [0.25, 0.3) is 0 Å². The van der Waals surface area contributed by atoms with Crippen LogP contribution in [0.1, 0.15) is 22.3 Å². The SMILES string of the molecule is C.C.C.C[SiH](C)O[Si](C)(C)O[Si](C)(C)C. The molecule has 0 aliphatic rings. The first-order chi connectivity index (χ1) is 5.12. The number of hydrogen-bond donors (Lipinski definition) is 0. The van der Waals surface area contributed by atoms with Gasteiger partial charge < -0.3 is 8.23 Å². The Labute approximate surface area is 103 Å². The van der Waals surface area contributed by atoms with Crippen molar-refractivity contribution in [2.75, 3.05) is 0 Å². The van der Waals surface area contributed by atoms with E-state index in [2.05, 4.69) is 45.8 Å². The molecule has 0 unspecified atom stereocenters. The second-order valence-electron chi connectivity index (χ2n) is 4.78. The van der Waals surface area contributed by atoms with Crippen molar-refractivity contribution in [3.8, 4) is 0 Å². The molecule has 0 aliphatic carbocycles. The molecule has 0 spiro atoms. The van der Waals surface area contributed by atoms with E-state index in [1.807, 2.05) is 0 Å². The van der Waals surface area contributed by atoms with Gasteiger partial charge in [0.25, 0.3) is 0 Å². The second-order valence-corrected chi connectivity index (χ2v) is 15.7. The molecule has 0 fully saturated rings. The summed E-state index contributed by atoms with van der Waals surface area (Å²) in [5, 5.41) is 0. The van der Waals surface area contributed by atoms with E-state index < -0.39 is 25.9 Å². The third-order valence-corrected chi connectivity index (χ3v) is 9.64. The summed E-state index contributed by atoms with van der Waals surface area (Å²) in [6, 6.07) is 0. The summed E-state index contributed by atoms with van der Waals surface area (Å²) in [5.41, 5.74) is 0. The molecule has 0 aromatic heterocycles. The van der Waals surface area contributed by atoms with Crippen LogP contribution in [0.5, 0.6) is 0 Å². The molecule has 0 N–H and O–H groups in total. The Morgan fingerprint density at radius 3 is 1.33 bits per heavy atom. The molecule has 0 atom stereocenters. The zero-order chi connectivity index (χ0) is 9.99. The molecular weight excluding hydrogens is 236 g/mol. The highest BCUT2D eigenvalue weighted by Crippen LogP contribution is 2.15. The Bertz CT molecular complexity index is 142. The van der Waals surface area contributed by atoms with Crippen molar-refractivity contribution in [2.45, 2.75) is 68.1 Å². The maximum absolute atomic E-state index is 6.03. The van der Waals surface area contributed by atoms with Gasteiger partial charge in [0.2, 0.25) is 0 Å². The van der Waals surface area contributed by atoms with Crippen LogP contribution in [-0.4, -0.2) is 25.9 Å². The zero-order valence-corrected chi connectivity index (χ0v) is 12.5. The summed E-state index contributed by atoms with van der Waals surface area (Å²) in [6.07, 6.45) is 0. The molecule has 0 radical (unpaired) electrons. The molecule has 2 nitrogen and oxygen atoms in total. The van der Waals surface area contributed by atoms with Gasteiger partial charge in [0, 0.05) is 0 Å². The minimum absolute atomic E-state index is 0. The average molecular weight is 271 g/mol. The van der Waals surface area contributed by atoms with Gasteiger partial charge in [0.1, 0.15) is 0 Å². The van der Waals surface area contributed by atoms with Crippen molar-refractivity contribution in [3.63, 3.8) is 0 Å². The van der Waals surface area contributed by atoms with Gasteiger partial charge in [-0.2, -0.15) is 0 Å². The first-order valence-electron chi connectivity index (χ1n) is 4.50. The molecule has 15 heavy (non-hydrogen) atoms. The molecule has 0 saturated carbocycles. The van der Waals surface area contributed by atoms with Gasteiger partial charge in [-0.25, -0.2) is 0 Å². The third kappa shape index (κ3) is 17.2. The lowest BCUT2D eigenvalue weighted by Gasteiger charge is -2.32. The Hall–Kier alpha value is 0.571. The molecule has 0 aromatic carbocycles. The maximum Gasteiger partial charge on any atom is 0.310 e. The average Bonchev–Trinajstić information content (AvgIpc) is 1.48. The number of hydrogen-bond acceptors (Lipinski definition) is 2. The molecule has 0 rings (SSSR count). The molecule has 0 aliphatic heterocycles. The van der Waals surface area contributed by atoms with Gasteiger partial charge in [-0.3, -0.25) is 0 Å². The van der Waals surface area contributed by atoms with Crippen LogP contribution in [0.2, 0.25) is 45.8 Å². The Morgan fingerprint density at radius 1 is 0.800 bits per heavy atom. The van der Waals surface area contributed by atoms with Crippen molar-refractivity contribution in [3.05, 3.63) is 0 Å². The monoisotopic (exact) mass is 270 g/mol. The molecular formula is C10H34O2Si3. The molecule has 5 heteroatoms. The summed E-state index contributed by atoms with van der Waals surface area (Å²) in [4.78, 5) is 0. The topological polar surface area (TPSA) is 18.5 Å². The van der Waals surface area contributed by atoms with E-state index in [9.17, 15) is 0 Å². The second kappa shape index (κ2) is 8.69. The van der Waals surface area contributed by atoms with Crippen molar-refractivity contribution >= 4 is 25.9 Å². The predicted octanol–water partition coefficient (Wildman–Crippen LogP) is 4.45. The van der Waals surface area contributed by atoms with Gasteiger partial charge in [0.15, 0.2) is 17.4 Å². The van der Waals surface area contributed by atoms with E-state index in [0.717, 1.165) is 0 Å². The lowest BCUT2D eigenvalue weighted by molar-refractivity contribution is 0.405. The first kappa shape index (κ1) is 24.7. The quantitative estimate of drug-likeness (QED) is 0.703. The number of rotatable bonds is 4. The summed E-state index contributed by atoms with van der Waals surface area (Å²) < 4.78 is 11.9. The molecule has 0 bridgehead atoms. The lowest BCUT2D eigenvalue weighted by Crippen LogP contribution is -2.46. The van der Waals surface area contributed by atoms with Gasteiger partial charge in [-0.05, 0) is 45.8 Å². The summed E-state index contributed by atoms with van der Waals surface area (Å²) in [7, 11) is -4.10. The van der Waals surface area contributed by atoms with Crippen LogP contribution in [-0.2, 0) is 8.23 Å². The van der Waals surface area contributed by atoms with Crippen LogP contribution in [0.3, 0.4) is 0 Å². The van der Waals surface area contributed by atoms with Crippen LogP contribution in [0, 0.1) is 0 Å². The summed E-state index contributed by atoms with van der Waals surface area (Å²) in [5.74, 6) is 0. The summed E-state index contributed by atoms with van der Waals surface area (Å²) in [6.45, 7) is 15.3. The smallest absolute Gasteiger partial charge is 0.310 e. The standard InChI is InChI=1S/C7H22O2Si3.3CH4/c1-10(2)8-12(6,7)9-11(3,4)5;;;/h10H,1-7H3;3*1H4. The van der Waals surface area contributed by atoms with Crippen LogP contribution < -0.4 is 0 Å². The van der Waals surface area contributed by atoms with Crippen LogP contribution >= 0.6 is 0 Å². The van der Waals surface area contributed by atoms with E-state index in [0.29, 0.717) is 0 Å². The van der Waals surface area contributed by atoms with E-state index in [4.69, 9.17) is 8.23 Å². The van der Waals surface area contributed by atoms with E-state index in [1.54, 1.807) is 0 Å². The highest BCUT2D eigenvalue weighted by molar-refractivity contribution is 6.83. The van der Waals surface area contributed by atoms with Crippen LogP contribution in [0.15, 0.2) is 0 Å². The van der Waals surface area contributed by atoms with E-state index >= 15 is 0 Å². The van der Waals surface area contributed by atoms with Gasteiger partial charge >= 0.3 is 8.56 Å². The minimum atomic E-state index is -1.78. The summed E-state index contributed by atoms with van der Waals surface area (Å²) >= 11 is 0. The highest BCUT2D eigenvalue weighted by atomic mass is 28.5. The zero-order valence-electron chi connectivity index (χ0n) is 9.39. The highest BCUT2D eigenvalue weighted by Gasteiger charge is 2.31. The van der Waals surface area contributed by atoms with E-state index in [1.165, 1.54) is 0 Å². The molecule has 0 heterocycles. The Kier molecular flexibility index (Phi) is 14.3. The maximum atomic E-state index is 6.03. The van der Waals surface area contributed by atoms with Crippen molar-refractivity contribution in [2.24, 2.45) is 0 Å². The van der Waals surface area contributed by atoms with Crippen molar-refractivity contribution < 1.29 is 8.23 Å². The van der Waals surface area contributed by atoms with Gasteiger partial charge in [-0.1, -0.05) is 22.3 Å². The Morgan fingerprint density at radius 2 is 1.13 bits per heavy atom.